The van der Waals surface area contributed by atoms with Crippen LogP contribution in [0, 0.1) is 0 Å². The van der Waals surface area contributed by atoms with Gasteiger partial charge in [0.15, 0.2) is 5.16 Å². The fourth-order valence-electron chi connectivity index (χ4n) is 1.15. The van der Waals surface area contributed by atoms with Gasteiger partial charge in [0.2, 0.25) is 0 Å². The van der Waals surface area contributed by atoms with Crippen molar-refractivity contribution in [3.05, 3.63) is 30.1 Å². The molecule has 0 atom stereocenters. The van der Waals surface area contributed by atoms with E-state index >= 15 is 0 Å². The second-order valence-corrected chi connectivity index (χ2v) is 4.01. The van der Waals surface area contributed by atoms with Crippen LogP contribution in [0.3, 0.4) is 0 Å². The van der Waals surface area contributed by atoms with Gasteiger partial charge < -0.3 is 10.8 Å². The Balaban J connectivity index is 2.24. The molecule has 2 aromatic rings. The highest BCUT2D eigenvalue weighted by atomic mass is 32.2. The third kappa shape index (κ3) is 2.14. The van der Waals surface area contributed by atoms with Crippen molar-refractivity contribution < 1.29 is 9.90 Å². The number of rotatable bonds is 3. The molecule has 4 N–H and O–H groups in total. The van der Waals surface area contributed by atoms with Gasteiger partial charge in [0, 0.05) is 10.6 Å². The molecule has 2 rings (SSSR count). The summed E-state index contributed by atoms with van der Waals surface area (Å²) in [5.74, 6) is -1.03. The van der Waals surface area contributed by atoms with Crippen LogP contribution in [0.25, 0.3) is 0 Å². The lowest BCUT2D eigenvalue weighted by Crippen LogP contribution is -2.01. The topological polar surface area (TPSA) is 105 Å². The summed E-state index contributed by atoms with van der Waals surface area (Å²) in [5.41, 5.74) is 5.94. The van der Waals surface area contributed by atoms with Crippen molar-refractivity contribution in [2.45, 2.75) is 10.1 Å². The number of carboxylic acid groups (broad SMARTS) is 1. The number of carbonyl (C=O) groups is 1. The number of nitrogens with one attached hydrogen (secondary N) is 1. The molecular formula is C9H8N4O2S. The first kappa shape index (κ1) is 10.5. The zero-order chi connectivity index (χ0) is 11.5. The van der Waals surface area contributed by atoms with E-state index in [1.54, 1.807) is 12.1 Å². The van der Waals surface area contributed by atoms with Gasteiger partial charge in [-0.05, 0) is 18.2 Å². The molecule has 0 aliphatic rings. The number of aromatic carboxylic acids is 1. The van der Waals surface area contributed by atoms with Gasteiger partial charge in [-0.1, -0.05) is 11.8 Å². The summed E-state index contributed by atoms with van der Waals surface area (Å²) in [5, 5.41) is 15.8. The quantitative estimate of drug-likeness (QED) is 0.692. The monoisotopic (exact) mass is 236 g/mol. The minimum Gasteiger partial charge on any atom is -0.478 e. The van der Waals surface area contributed by atoms with Gasteiger partial charge in [-0.25, -0.2) is 9.78 Å². The molecule has 1 aromatic heterocycles. The number of anilines is 1. The zero-order valence-electron chi connectivity index (χ0n) is 8.04. The van der Waals surface area contributed by atoms with Crippen molar-refractivity contribution in [2.24, 2.45) is 0 Å². The first-order valence-corrected chi connectivity index (χ1v) is 5.14. The van der Waals surface area contributed by atoms with E-state index in [1.807, 2.05) is 0 Å². The Kier molecular flexibility index (Phi) is 2.78. The van der Waals surface area contributed by atoms with E-state index in [2.05, 4.69) is 15.2 Å². The van der Waals surface area contributed by atoms with Gasteiger partial charge in [0.1, 0.15) is 6.33 Å². The van der Waals surface area contributed by atoms with Crippen LogP contribution in [0.1, 0.15) is 10.4 Å². The van der Waals surface area contributed by atoms with Gasteiger partial charge in [-0.3, -0.25) is 5.10 Å². The Morgan fingerprint density at radius 1 is 1.50 bits per heavy atom. The Morgan fingerprint density at radius 3 is 2.88 bits per heavy atom. The minimum atomic E-state index is -1.03. The molecule has 1 aromatic carbocycles. The molecule has 82 valence electrons. The third-order valence-electron chi connectivity index (χ3n) is 1.86. The fourth-order valence-corrected chi connectivity index (χ4v) is 1.90. The molecule has 6 nitrogen and oxygen atoms in total. The van der Waals surface area contributed by atoms with Crippen LogP contribution in [-0.4, -0.2) is 26.3 Å². The average Bonchev–Trinajstić information content (AvgIpc) is 2.70. The number of aromatic nitrogens is 3. The van der Waals surface area contributed by atoms with Crippen LogP contribution < -0.4 is 5.73 Å². The second-order valence-electron chi connectivity index (χ2n) is 2.95. The number of hydrogen-bond donors (Lipinski definition) is 3. The smallest absolute Gasteiger partial charge is 0.337 e. The van der Waals surface area contributed by atoms with Crippen LogP contribution in [0.2, 0.25) is 0 Å². The molecule has 7 heteroatoms. The summed E-state index contributed by atoms with van der Waals surface area (Å²) in [6.07, 6.45) is 1.40. The van der Waals surface area contributed by atoms with Gasteiger partial charge in [0.05, 0.1) is 5.56 Å². The molecule has 0 saturated heterocycles. The molecule has 0 saturated carbocycles. The predicted octanol–water partition coefficient (Wildman–Crippen LogP) is 1.24. The first-order chi connectivity index (χ1) is 7.66. The molecule has 16 heavy (non-hydrogen) atoms. The second kappa shape index (κ2) is 4.23. The molecule has 0 spiro atoms. The SMILES string of the molecule is Nc1cc(Sc2ncn[nH]2)ccc1C(=O)O. The molecule has 0 fully saturated rings. The maximum Gasteiger partial charge on any atom is 0.337 e. The summed E-state index contributed by atoms with van der Waals surface area (Å²) in [6, 6.07) is 4.74. The number of H-pyrrole nitrogens is 1. The largest absolute Gasteiger partial charge is 0.478 e. The van der Waals surface area contributed by atoms with Crippen molar-refractivity contribution in [1.29, 1.82) is 0 Å². The molecule has 0 radical (unpaired) electrons. The van der Waals surface area contributed by atoms with Crippen LogP contribution in [0.5, 0.6) is 0 Å². The third-order valence-corrected chi connectivity index (χ3v) is 2.74. The van der Waals surface area contributed by atoms with Gasteiger partial charge in [-0.2, -0.15) is 5.10 Å². The van der Waals surface area contributed by atoms with Crippen molar-refractivity contribution in [2.75, 3.05) is 5.73 Å². The van der Waals surface area contributed by atoms with E-state index in [4.69, 9.17) is 10.8 Å². The highest BCUT2D eigenvalue weighted by Gasteiger charge is 2.09. The number of nitrogen functional groups attached to an aromatic ring is 1. The van der Waals surface area contributed by atoms with E-state index < -0.39 is 5.97 Å². The van der Waals surface area contributed by atoms with Gasteiger partial charge in [0.25, 0.3) is 0 Å². The number of nitrogens with zero attached hydrogens (tertiary/aromatic N) is 2. The lowest BCUT2D eigenvalue weighted by atomic mass is 10.2. The molecule has 0 amide bonds. The van der Waals surface area contributed by atoms with E-state index in [0.29, 0.717) is 5.16 Å². The van der Waals surface area contributed by atoms with Crippen molar-refractivity contribution in [1.82, 2.24) is 15.2 Å². The standard InChI is InChI=1S/C9H8N4O2S/c10-7-3-5(1-2-6(7)8(14)15)16-9-11-4-12-13-9/h1-4H,10H2,(H,14,15)(H,11,12,13). The maximum atomic E-state index is 10.7. The zero-order valence-corrected chi connectivity index (χ0v) is 8.86. The molecule has 1 heterocycles. The number of nitrogens with two attached hydrogens (primary N) is 1. The normalized spacial score (nSPS) is 10.2. The van der Waals surface area contributed by atoms with Crippen molar-refractivity contribution in [3.8, 4) is 0 Å². The summed E-state index contributed by atoms with van der Waals surface area (Å²) in [4.78, 5) is 15.5. The first-order valence-electron chi connectivity index (χ1n) is 4.33. The average molecular weight is 236 g/mol. The molecule has 0 aliphatic carbocycles. The Hall–Kier alpha value is -2.02. The highest BCUT2D eigenvalue weighted by Crippen LogP contribution is 2.27. The summed E-state index contributed by atoms with van der Waals surface area (Å²) < 4.78 is 0. The Bertz CT molecular complexity index is 512. The minimum absolute atomic E-state index is 0.0990. The summed E-state index contributed by atoms with van der Waals surface area (Å²) in [7, 11) is 0. The van der Waals surface area contributed by atoms with E-state index in [0.717, 1.165) is 4.90 Å². The highest BCUT2D eigenvalue weighted by molar-refractivity contribution is 7.99. The predicted molar refractivity (Wildman–Crippen MR) is 58.3 cm³/mol. The fraction of sp³-hybridized carbons (Fsp3) is 0. The van der Waals surface area contributed by atoms with Crippen molar-refractivity contribution in [3.63, 3.8) is 0 Å². The number of benzene rings is 1. The van der Waals surface area contributed by atoms with Crippen LogP contribution in [-0.2, 0) is 0 Å². The van der Waals surface area contributed by atoms with Gasteiger partial charge >= 0.3 is 5.97 Å². The Morgan fingerprint density at radius 2 is 2.31 bits per heavy atom. The lowest BCUT2D eigenvalue weighted by molar-refractivity contribution is 0.0698. The lowest BCUT2D eigenvalue weighted by Gasteiger charge is -2.03. The van der Waals surface area contributed by atoms with E-state index in [1.165, 1.54) is 24.2 Å². The summed E-state index contributed by atoms with van der Waals surface area (Å²) >= 11 is 1.33. The molecule has 0 bridgehead atoms. The molecule has 0 unspecified atom stereocenters. The summed E-state index contributed by atoms with van der Waals surface area (Å²) in [6.45, 7) is 0. The van der Waals surface area contributed by atoms with E-state index in [9.17, 15) is 4.79 Å². The maximum absolute atomic E-state index is 10.7. The van der Waals surface area contributed by atoms with Crippen LogP contribution >= 0.6 is 11.8 Å². The van der Waals surface area contributed by atoms with Gasteiger partial charge in [-0.15, -0.1) is 0 Å². The van der Waals surface area contributed by atoms with Crippen LogP contribution in [0.4, 0.5) is 5.69 Å². The molecule has 0 aliphatic heterocycles. The van der Waals surface area contributed by atoms with E-state index in [-0.39, 0.29) is 11.3 Å². The van der Waals surface area contributed by atoms with Crippen LogP contribution in [0.15, 0.2) is 34.6 Å². The number of aromatic amines is 1. The Labute approximate surface area is 94.9 Å². The van der Waals surface area contributed by atoms with Crippen molar-refractivity contribution >= 4 is 23.4 Å². The number of hydrogen-bond acceptors (Lipinski definition) is 5. The molecular weight excluding hydrogens is 228 g/mol. The number of carboxylic acids is 1.